The number of nitrogens with two attached hydrogens (primary N) is 1. The molecule has 0 heterocycles. The fourth-order valence-corrected chi connectivity index (χ4v) is 2.50. The smallest absolute Gasteiger partial charge is 0.161 e. The van der Waals surface area contributed by atoms with Crippen LogP contribution in [0.1, 0.15) is 23.5 Å². The molecule has 0 aromatic heterocycles. The first-order chi connectivity index (χ1) is 11.2. The molecule has 4 nitrogen and oxygen atoms in total. The van der Waals surface area contributed by atoms with Gasteiger partial charge in [-0.1, -0.05) is 18.2 Å². The summed E-state index contributed by atoms with van der Waals surface area (Å²) in [7, 11) is 3.32. The quantitative estimate of drug-likeness (QED) is 0.810. The molecule has 0 saturated heterocycles. The molecule has 0 aliphatic carbocycles. The maximum atomic E-state index is 5.92. The second kappa shape index (κ2) is 8.44. The minimum atomic E-state index is 0.261. The van der Waals surface area contributed by atoms with E-state index in [2.05, 4.69) is 12.1 Å². The highest BCUT2D eigenvalue weighted by atomic mass is 16.5. The first kappa shape index (κ1) is 17.2. The first-order valence-corrected chi connectivity index (χ1v) is 7.79. The van der Waals surface area contributed by atoms with E-state index >= 15 is 0 Å². The van der Waals surface area contributed by atoms with Crippen LogP contribution in [-0.2, 0) is 0 Å². The summed E-state index contributed by atoms with van der Waals surface area (Å²) in [5, 5.41) is 0. The lowest BCUT2D eigenvalue weighted by Crippen LogP contribution is -2.15. The Kier molecular flexibility index (Phi) is 6.29. The molecule has 0 spiro atoms. The molecule has 124 valence electrons. The van der Waals surface area contributed by atoms with E-state index < -0.39 is 0 Å². The largest absolute Gasteiger partial charge is 0.497 e. The predicted molar refractivity (Wildman–Crippen MR) is 92.6 cm³/mol. The minimum absolute atomic E-state index is 0.261. The number of hydrogen-bond donors (Lipinski definition) is 1. The van der Waals surface area contributed by atoms with E-state index in [0.717, 1.165) is 29.2 Å². The molecule has 2 N–H and O–H groups in total. The van der Waals surface area contributed by atoms with Gasteiger partial charge < -0.3 is 19.9 Å². The molecule has 0 fully saturated rings. The second-order valence-electron chi connectivity index (χ2n) is 5.50. The molecular weight excluding hydrogens is 290 g/mol. The van der Waals surface area contributed by atoms with Gasteiger partial charge >= 0.3 is 0 Å². The summed E-state index contributed by atoms with van der Waals surface area (Å²) in [6, 6.07) is 14.0. The number of aryl methyl sites for hydroxylation is 1. The zero-order chi connectivity index (χ0) is 16.7. The molecule has 4 heteroatoms. The fourth-order valence-electron chi connectivity index (χ4n) is 2.50. The van der Waals surface area contributed by atoms with Crippen LogP contribution in [-0.4, -0.2) is 27.4 Å². The van der Waals surface area contributed by atoms with Gasteiger partial charge in [-0.15, -0.1) is 0 Å². The lowest BCUT2D eigenvalue weighted by atomic mass is 9.96. The molecule has 1 unspecified atom stereocenters. The first-order valence-electron chi connectivity index (χ1n) is 7.79. The van der Waals surface area contributed by atoms with E-state index in [1.165, 1.54) is 5.56 Å². The second-order valence-corrected chi connectivity index (χ2v) is 5.50. The van der Waals surface area contributed by atoms with Gasteiger partial charge in [0.05, 0.1) is 20.8 Å². The highest BCUT2D eigenvalue weighted by Gasteiger charge is 2.11. The molecule has 0 radical (unpaired) electrons. The number of hydrogen-bond acceptors (Lipinski definition) is 4. The molecule has 0 saturated carbocycles. The van der Waals surface area contributed by atoms with Gasteiger partial charge in [0.2, 0.25) is 0 Å². The third-order valence-electron chi connectivity index (χ3n) is 3.91. The van der Waals surface area contributed by atoms with Crippen LogP contribution in [0, 0.1) is 6.92 Å². The van der Waals surface area contributed by atoms with Crippen LogP contribution in [0.5, 0.6) is 17.2 Å². The Labute approximate surface area is 138 Å². The molecular formula is C19H25NO3. The zero-order valence-electron chi connectivity index (χ0n) is 14.0. The normalized spacial score (nSPS) is 11.8. The van der Waals surface area contributed by atoms with E-state index in [1.807, 2.05) is 37.3 Å². The van der Waals surface area contributed by atoms with Crippen LogP contribution in [0.15, 0.2) is 42.5 Å². The van der Waals surface area contributed by atoms with Crippen LogP contribution in [0.4, 0.5) is 0 Å². The summed E-state index contributed by atoms with van der Waals surface area (Å²) in [5.41, 5.74) is 8.27. The van der Waals surface area contributed by atoms with E-state index in [1.54, 1.807) is 14.2 Å². The number of rotatable bonds is 8. The average molecular weight is 315 g/mol. The molecule has 0 aliphatic heterocycles. The Hall–Kier alpha value is -2.20. The molecule has 1 atom stereocenters. The molecule has 2 aromatic carbocycles. The molecule has 23 heavy (non-hydrogen) atoms. The molecule has 0 amide bonds. The van der Waals surface area contributed by atoms with E-state index in [0.29, 0.717) is 13.2 Å². The van der Waals surface area contributed by atoms with Crippen LogP contribution in [0.25, 0.3) is 0 Å². The third kappa shape index (κ3) is 4.63. The van der Waals surface area contributed by atoms with Gasteiger partial charge in [-0.05, 0) is 61.2 Å². The van der Waals surface area contributed by atoms with Gasteiger partial charge in [-0.3, -0.25) is 0 Å². The standard InChI is InChI=1S/C19H25NO3/c1-14-4-9-18(19(12-14)22-3)23-11-10-16(13-20)15-5-7-17(21-2)8-6-15/h4-9,12,16H,10-11,13,20H2,1-3H3. The van der Waals surface area contributed by atoms with Crippen LogP contribution in [0.2, 0.25) is 0 Å². The Bertz CT molecular complexity index is 611. The molecule has 0 aliphatic rings. The summed E-state index contributed by atoms with van der Waals surface area (Å²) in [5.74, 6) is 2.64. The van der Waals surface area contributed by atoms with Crippen molar-refractivity contribution in [1.82, 2.24) is 0 Å². The van der Waals surface area contributed by atoms with Crippen molar-refractivity contribution in [2.24, 2.45) is 5.73 Å². The third-order valence-corrected chi connectivity index (χ3v) is 3.91. The van der Waals surface area contributed by atoms with Crippen molar-refractivity contribution in [3.8, 4) is 17.2 Å². The van der Waals surface area contributed by atoms with E-state index in [9.17, 15) is 0 Å². The van der Waals surface area contributed by atoms with Crippen molar-refractivity contribution in [3.63, 3.8) is 0 Å². The fraction of sp³-hybridized carbons (Fsp3) is 0.368. The molecule has 2 rings (SSSR count). The zero-order valence-corrected chi connectivity index (χ0v) is 14.0. The Morgan fingerprint density at radius 1 is 0.957 bits per heavy atom. The van der Waals surface area contributed by atoms with Crippen LogP contribution < -0.4 is 19.9 Å². The molecule has 0 bridgehead atoms. The summed E-state index contributed by atoms with van der Waals surface area (Å²) in [6.07, 6.45) is 0.847. The van der Waals surface area contributed by atoms with Crippen molar-refractivity contribution in [1.29, 1.82) is 0 Å². The Balaban J connectivity index is 1.95. The predicted octanol–water partition coefficient (Wildman–Crippen LogP) is 3.52. The number of methoxy groups -OCH3 is 2. The van der Waals surface area contributed by atoms with E-state index in [-0.39, 0.29) is 5.92 Å². The van der Waals surface area contributed by atoms with Crippen molar-refractivity contribution < 1.29 is 14.2 Å². The van der Waals surface area contributed by atoms with Gasteiger partial charge in [-0.25, -0.2) is 0 Å². The summed E-state index contributed by atoms with van der Waals surface area (Å²) in [6.45, 7) is 3.20. The topological polar surface area (TPSA) is 53.7 Å². The lowest BCUT2D eigenvalue weighted by Gasteiger charge is -2.17. The lowest BCUT2D eigenvalue weighted by molar-refractivity contribution is 0.280. The minimum Gasteiger partial charge on any atom is -0.497 e. The number of benzene rings is 2. The summed E-state index contributed by atoms with van der Waals surface area (Å²) in [4.78, 5) is 0. The average Bonchev–Trinajstić information content (AvgIpc) is 2.60. The van der Waals surface area contributed by atoms with Gasteiger partial charge in [0.1, 0.15) is 5.75 Å². The van der Waals surface area contributed by atoms with Crippen LogP contribution in [0.3, 0.4) is 0 Å². The highest BCUT2D eigenvalue weighted by molar-refractivity contribution is 5.42. The van der Waals surface area contributed by atoms with Gasteiger partial charge in [0.25, 0.3) is 0 Å². The monoisotopic (exact) mass is 315 g/mol. The van der Waals surface area contributed by atoms with Crippen molar-refractivity contribution in [2.45, 2.75) is 19.3 Å². The van der Waals surface area contributed by atoms with Crippen molar-refractivity contribution in [3.05, 3.63) is 53.6 Å². The van der Waals surface area contributed by atoms with Crippen LogP contribution >= 0.6 is 0 Å². The van der Waals surface area contributed by atoms with Gasteiger partial charge in [0, 0.05) is 0 Å². The van der Waals surface area contributed by atoms with Crippen molar-refractivity contribution >= 4 is 0 Å². The Morgan fingerprint density at radius 3 is 2.30 bits per heavy atom. The molecule has 2 aromatic rings. The maximum absolute atomic E-state index is 5.92. The highest BCUT2D eigenvalue weighted by Crippen LogP contribution is 2.29. The van der Waals surface area contributed by atoms with Crippen molar-refractivity contribution in [2.75, 3.05) is 27.4 Å². The van der Waals surface area contributed by atoms with E-state index in [4.69, 9.17) is 19.9 Å². The van der Waals surface area contributed by atoms with Gasteiger partial charge in [0.15, 0.2) is 11.5 Å². The Morgan fingerprint density at radius 2 is 1.70 bits per heavy atom. The number of ether oxygens (including phenoxy) is 3. The summed E-state index contributed by atoms with van der Waals surface area (Å²) >= 11 is 0. The SMILES string of the molecule is COc1ccc(C(CN)CCOc2ccc(C)cc2OC)cc1. The summed E-state index contributed by atoms with van der Waals surface area (Å²) < 4.78 is 16.4. The maximum Gasteiger partial charge on any atom is 0.161 e. The van der Waals surface area contributed by atoms with Gasteiger partial charge in [-0.2, -0.15) is 0 Å².